The molecule has 0 saturated heterocycles. The summed E-state index contributed by atoms with van der Waals surface area (Å²) in [5, 5.41) is 4.08. The molecule has 7 heteroatoms. The maximum atomic E-state index is 13.6. The van der Waals surface area contributed by atoms with E-state index in [1.165, 1.54) is 18.2 Å². The van der Waals surface area contributed by atoms with Gasteiger partial charge < -0.3 is 4.74 Å². The number of nitrogens with one attached hydrogen (secondary N) is 1. The minimum Gasteiger partial charge on any atom is -0.493 e. The number of ether oxygens (including phenoxy) is 1. The van der Waals surface area contributed by atoms with Gasteiger partial charge in [-0.15, -0.1) is 0 Å². The summed E-state index contributed by atoms with van der Waals surface area (Å²) in [6.07, 6.45) is 1.16. The molecule has 0 saturated carbocycles. The van der Waals surface area contributed by atoms with Crippen molar-refractivity contribution in [1.82, 2.24) is 4.83 Å². The van der Waals surface area contributed by atoms with Gasteiger partial charge in [0.05, 0.1) is 17.2 Å². The lowest BCUT2D eigenvalue weighted by molar-refractivity contribution is 0.317. The van der Waals surface area contributed by atoms with Gasteiger partial charge in [0.2, 0.25) is 0 Å². The van der Waals surface area contributed by atoms with Crippen molar-refractivity contribution >= 4 is 15.7 Å². The van der Waals surface area contributed by atoms with E-state index in [2.05, 4.69) is 9.93 Å². The quantitative estimate of drug-likeness (QED) is 0.852. The number of aryl methyl sites for hydroxylation is 2. The van der Waals surface area contributed by atoms with Gasteiger partial charge in [-0.3, -0.25) is 0 Å². The SMILES string of the molecule is Cc1ccc(C)c(S(=O)(=O)NN=C2CCCOc3ccc(F)cc32)c1. The normalized spacial score (nSPS) is 16.0. The highest BCUT2D eigenvalue weighted by Gasteiger charge is 2.19. The number of fused-ring (bicyclic) bond motifs is 1. The van der Waals surface area contributed by atoms with E-state index in [1.807, 2.05) is 13.0 Å². The Bertz CT molecular complexity index is 939. The second-order valence-corrected chi connectivity index (χ2v) is 7.64. The standard InChI is InChI=1S/C18H19FN2O3S/c1-12-5-6-13(2)18(10-12)25(22,23)21-20-16-4-3-9-24-17-8-7-14(19)11-15(16)17/h5-8,10-11,21H,3-4,9H2,1-2H3. The van der Waals surface area contributed by atoms with Crippen LogP contribution in [0, 0.1) is 19.7 Å². The van der Waals surface area contributed by atoms with Gasteiger partial charge in [-0.1, -0.05) is 12.1 Å². The molecule has 0 aliphatic carbocycles. The summed E-state index contributed by atoms with van der Waals surface area (Å²) in [4.78, 5) is 2.47. The van der Waals surface area contributed by atoms with Crippen LogP contribution >= 0.6 is 0 Å². The molecule has 1 heterocycles. The summed E-state index contributed by atoms with van der Waals surface area (Å²) in [6, 6.07) is 9.35. The molecule has 0 atom stereocenters. The number of benzene rings is 2. The van der Waals surface area contributed by atoms with E-state index in [-0.39, 0.29) is 4.90 Å². The van der Waals surface area contributed by atoms with Crippen LogP contribution < -0.4 is 9.57 Å². The van der Waals surface area contributed by atoms with E-state index in [9.17, 15) is 12.8 Å². The molecule has 3 rings (SSSR count). The molecule has 0 radical (unpaired) electrons. The Kier molecular flexibility index (Phi) is 4.76. The smallest absolute Gasteiger partial charge is 0.276 e. The number of hydrazone groups is 1. The zero-order chi connectivity index (χ0) is 18.0. The zero-order valence-electron chi connectivity index (χ0n) is 14.0. The van der Waals surface area contributed by atoms with Crippen molar-refractivity contribution in [2.45, 2.75) is 31.6 Å². The first-order chi connectivity index (χ1) is 11.9. The Balaban J connectivity index is 1.96. The van der Waals surface area contributed by atoms with Crippen molar-refractivity contribution in [3.8, 4) is 5.75 Å². The summed E-state index contributed by atoms with van der Waals surface area (Å²) >= 11 is 0. The van der Waals surface area contributed by atoms with Crippen molar-refractivity contribution in [3.63, 3.8) is 0 Å². The highest BCUT2D eigenvalue weighted by atomic mass is 32.2. The first kappa shape index (κ1) is 17.4. The average Bonchev–Trinajstić information content (AvgIpc) is 2.77. The van der Waals surface area contributed by atoms with Crippen LogP contribution in [0.4, 0.5) is 4.39 Å². The molecule has 0 unspecified atom stereocenters. The van der Waals surface area contributed by atoms with Gasteiger partial charge >= 0.3 is 0 Å². The van der Waals surface area contributed by atoms with Gasteiger partial charge in [0.1, 0.15) is 11.6 Å². The number of halogens is 1. The number of rotatable bonds is 3. The number of hydrogen-bond donors (Lipinski definition) is 1. The summed E-state index contributed by atoms with van der Waals surface area (Å²) in [5.74, 6) is 0.0814. The second-order valence-electron chi connectivity index (χ2n) is 6.01. The highest BCUT2D eigenvalue weighted by molar-refractivity contribution is 7.89. The molecule has 0 aromatic heterocycles. The Morgan fingerprint density at radius 1 is 1.16 bits per heavy atom. The molecule has 1 N–H and O–H groups in total. The lowest BCUT2D eigenvalue weighted by Crippen LogP contribution is -2.21. The lowest BCUT2D eigenvalue weighted by atomic mass is 10.1. The van der Waals surface area contributed by atoms with Crippen molar-refractivity contribution in [1.29, 1.82) is 0 Å². The first-order valence-corrected chi connectivity index (χ1v) is 9.43. The van der Waals surface area contributed by atoms with Crippen LogP contribution in [0.3, 0.4) is 0 Å². The van der Waals surface area contributed by atoms with Crippen molar-refractivity contribution in [2.24, 2.45) is 5.10 Å². The van der Waals surface area contributed by atoms with Crippen molar-refractivity contribution in [3.05, 3.63) is 58.9 Å². The van der Waals surface area contributed by atoms with Crippen LogP contribution in [0.1, 0.15) is 29.5 Å². The fourth-order valence-corrected chi connectivity index (χ4v) is 3.85. The molecule has 5 nitrogen and oxygen atoms in total. The largest absolute Gasteiger partial charge is 0.493 e. The molecule has 2 aromatic rings. The monoisotopic (exact) mass is 362 g/mol. The van der Waals surface area contributed by atoms with E-state index >= 15 is 0 Å². The molecule has 1 aliphatic heterocycles. The van der Waals surface area contributed by atoms with Gasteiger partial charge in [0.25, 0.3) is 10.0 Å². The maximum absolute atomic E-state index is 13.6. The fraction of sp³-hybridized carbons (Fsp3) is 0.278. The maximum Gasteiger partial charge on any atom is 0.276 e. The van der Waals surface area contributed by atoms with E-state index in [0.29, 0.717) is 42.0 Å². The van der Waals surface area contributed by atoms with Gasteiger partial charge in [-0.05, 0) is 62.1 Å². The Morgan fingerprint density at radius 3 is 2.76 bits per heavy atom. The van der Waals surface area contributed by atoms with Crippen LogP contribution in [-0.2, 0) is 10.0 Å². The fourth-order valence-electron chi connectivity index (χ4n) is 2.69. The molecule has 0 fully saturated rings. The molecule has 2 aromatic carbocycles. The van der Waals surface area contributed by atoms with Crippen LogP contribution in [0.15, 0.2) is 46.4 Å². The zero-order valence-corrected chi connectivity index (χ0v) is 14.9. The van der Waals surface area contributed by atoms with Crippen molar-refractivity contribution in [2.75, 3.05) is 6.61 Å². The summed E-state index contributed by atoms with van der Waals surface area (Å²) in [7, 11) is -3.81. The minimum absolute atomic E-state index is 0.182. The van der Waals surface area contributed by atoms with E-state index in [1.54, 1.807) is 19.1 Å². The Hall–Kier alpha value is -2.41. The first-order valence-electron chi connectivity index (χ1n) is 7.95. The molecule has 0 spiro atoms. The summed E-state index contributed by atoms with van der Waals surface area (Å²) < 4.78 is 44.3. The van der Waals surface area contributed by atoms with Gasteiger partial charge in [-0.2, -0.15) is 18.4 Å². The van der Waals surface area contributed by atoms with Crippen LogP contribution in [0.25, 0.3) is 0 Å². The second kappa shape index (κ2) is 6.84. The molecule has 25 heavy (non-hydrogen) atoms. The van der Waals surface area contributed by atoms with Crippen LogP contribution in [0.2, 0.25) is 0 Å². The van der Waals surface area contributed by atoms with Gasteiger partial charge in [0, 0.05) is 5.56 Å². The Morgan fingerprint density at radius 2 is 1.96 bits per heavy atom. The molecule has 0 amide bonds. The summed E-state index contributed by atoms with van der Waals surface area (Å²) in [5.41, 5.74) is 2.41. The lowest BCUT2D eigenvalue weighted by Gasteiger charge is -2.10. The van der Waals surface area contributed by atoms with Crippen LogP contribution in [0.5, 0.6) is 5.75 Å². The highest BCUT2D eigenvalue weighted by Crippen LogP contribution is 2.25. The predicted octanol–water partition coefficient (Wildman–Crippen LogP) is 3.30. The van der Waals surface area contributed by atoms with E-state index < -0.39 is 15.8 Å². The third-order valence-corrected chi connectivity index (χ3v) is 5.35. The minimum atomic E-state index is -3.81. The van der Waals surface area contributed by atoms with Crippen LogP contribution in [-0.4, -0.2) is 20.7 Å². The molecule has 0 bridgehead atoms. The molecular formula is C18H19FN2O3S. The van der Waals surface area contributed by atoms with E-state index in [0.717, 1.165) is 5.56 Å². The molecule has 1 aliphatic rings. The number of sulfonamides is 1. The Labute approximate surface area is 146 Å². The third kappa shape index (κ3) is 3.82. The average molecular weight is 362 g/mol. The number of hydrogen-bond acceptors (Lipinski definition) is 4. The molecule has 132 valence electrons. The van der Waals surface area contributed by atoms with Gasteiger partial charge in [0.15, 0.2) is 0 Å². The predicted molar refractivity (Wildman–Crippen MR) is 93.9 cm³/mol. The third-order valence-electron chi connectivity index (χ3n) is 4.00. The van der Waals surface area contributed by atoms with E-state index in [4.69, 9.17) is 4.74 Å². The molecular weight excluding hydrogens is 343 g/mol. The van der Waals surface area contributed by atoms with Crippen molar-refractivity contribution < 1.29 is 17.5 Å². The summed E-state index contributed by atoms with van der Waals surface area (Å²) in [6.45, 7) is 4.03. The number of nitrogens with zero attached hydrogens (tertiary/aromatic N) is 1. The topological polar surface area (TPSA) is 67.8 Å². The van der Waals surface area contributed by atoms with Gasteiger partial charge in [-0.25, -0.2) is 4.39 Å².